The van der Waals surface area contributed by atoms with Crippen molar-refractivity contribution in [3.63, 3.8) is 0 Å². The third kappa shape index (κ3) is 2.78. The Hall–Kier alpha value is -2.66. The number of rotatable bonds is 3. The van der Waals surface area contributed by atoms with Crippen LogP contribution in [0.2, 0.25) is 5.02 Å². The molecule has 1 aromatic heterocycles. The maximum atomic E-state index is 13.6. The minimum atomic E-state index is -1.04. The van der Waals surface area contributed by atoms with Crippen molar-refractivity contribution in [1.82, 2.24) is 4.57 Å². The zero-order chi connectivity index (χ0) is 17.4. The second-order valence-corrected chi connectivity index (χ2v) is 5.88. The molecular weight excluding hydrogens is 332 g/mol. The molecule has 0 amide bonds. The Morgan fingerprint density at radius 3 is 2.46 bits per heavy atom. The molecule has 6 heteroatoms. The lowest BCUT2D eigenvalue weighted by atomic mass is 10.1. The molecule has 0 atom stereocenters. The van der Waals surface area contributed by atoms with Crippen LogP contribution in [-0.4, -0.2) is 21.6 Å². The molecule has 1 heterocycles. The van der Waals surface area contributed by atoms with Gasteiger partial charge in [-0.1, -0.05) is 11.6 Å². The molecule has 0 aliphatic rings. The van der Waals surface area contributed by atoms with Gasteiger partial charge in [-0.05, 0) is 55.0 Å². The van der Waals surface area contributed by atoms with Crippen LogP contribution in [0.4, 0.5) is 4.39 Å². The second-order valence-electron chi connectivity index (χ2n) is 5.44. The zero-order valence-corrected chi connectivity index (χ0v) is 13.5. The SMILES string of the molecule is Cc1c(CC(=O)O)c2cc([18F])ccc2n1C(=O)c1ccc(Cl)cc1. The summed E-state index contributed by atoms with van der Waals surface area (Å²) in [6.07, 6.45) is -0.285. The van der Waals surface area contributed by atoms with Gasteiger partial charge in [-0.15, -0.1) is 0 Å². The van der Waals surface area contributed by atoms with Gasteiger partial charge in [-0.3, -0.25) is 14.2 Å². The number of aliphatic carboxylic acids is 1. The molecule has 0 bridgehead atoms. The summed E-state index contributed by atoms with van der Waals surface area (Å²) in [7, 11) is 0. The van der Waals surface area contributed by atoms with Crippen molar-refractivity contribution in [3.8, 4) is 0 Å². The highest BCUT2D eigenvalue weighted by Crippen LogP contribution is 2.28. The Bertz CT molecular complexity index is 961. The van der Waals surface area contributed by atoms with Crippen molar-refractivity contribution < 1.29 is 19.1 Å². The fraction of sp³-hybridized carbons (Fsp3) is 0.111. The highest BCUT2D eigenvalue weighted by Gasteiger charge is 2.21. The van der Waals surface area contributed by atoms with Crippen LogP contribution in [0.15, 0.2) is 42.5 Å². The van der Waals surface area contributed by atoms with Crippen LogP contribution in [0.5, 0.6) is 0 Å². The number of benzene rings is 2. The van der Waals surface area contributed by atoms with E-state index in [0.29, 0.717) is 32.7 Å². The topological polar surface area (TPSA) is 59.3 Å². The summed E-state index contributed by atoms with van der Waals surface area (Å²) in [5, 5.41) is 10.0. The number of nitrogens with zero attached hydrogens (tertiary/aromatic N) is 1. The fourth-order valence-electron chi connectivity index (χ4n) is 2.81. The van der Waals surface area contributed by atoms with Crippen molar-refractivity contribution in [2.75, 3.05) is 0 Å². The van der Waals surface area contributed by atoms with E-state index in [4.69, 9.17) is 16.7 Å². The van der Waals surface area contributed by atoms with E-state index in [0.717, 1.165) is 0 Å². The normalized spacial score (nSPS) is 11.0. The van der Waals surface area contributed by atoms with Gasteiger partial charge in [0.25, 0.3) is 5.91 Å². The van der Waals surface area contributed by atoms with E-state index in [1.165, 1.54) is 22.8 Å². The minimum Gasteiger partial charge on any atom is -0.481 e. The number of carboxylic acids is 1. The van der Waals surface area contributed by atoms with Crippen LogP contribution in [0, 0.1) is 12.7 Å². The van der Waals surface area contributed by atoms with Crippen LogP contribution in [-0.2, 0) is 11.2 Å². The summed E-state index contributed by atoms with van der Waals surface area (Å²) in [5.74, 6) is -1.84. The van der Waals surface area contributed by atoms with Gasteiger partial charge < -0.3 is 5.11 Å². The van der Waals surface area contributed by atoms with Crippen molar-refractivity contribution >= 4 is 34.4 Å². The van der Waals surface area contributed by atoms with Crippen LogP contribution in [0.25, 0.3) is 10.9 Å². The lowest BCUT2D eigenvalue weighted by Gasteiger charge is -2.07. The molecule has 0 radical (unpaired) electrons. The summed E-state index contributed by atoms with van der Waals surface area (Å²) < 4.78 is 15.0. The van der Waals surface area contributed by atoms with E-state index in [9.17, 15) is 14.0 Å². The Kier molecular flexibility index (Phi) is 4.11. The molecule has 122 valence electrons. The molecular formula is C18H13ClFNO3. The smallest absolute Gasteiger partial charge is 0.307 e. The molecule has 0 saturated heterocycles. The summed E-state index contributed by atoms with van der Waals surface area (Å²) in [4.78, 5) is 24.0. The zero-order valence-electron chi connectivity index (χ0n) is 12.7. The number of carbonyl (C=O) groups is 2. The Morgan fingerprint density at radius 2 is 1.83 bits per heavy atom. The number of fused-ring (bicyclic) bond motifs is 1. The maximum absolute atomic E-state index is 13.6. The Labute approximate surface area is 142 Å². The summed E-state index contributed by atoms with van der Waals surface area (Å²) in [6.45, 7) is 1.66. The van der Waals surface area contributed by atoms with Gasteiger partial charge in [-0.2, -0.15) is 0 Å². The van der Waals surface area contributed by atoms with E-state index in [1.807, 2.05) is 0 Å². The molecule has 3 aromatic rings. The molecule has 0 fully saturated rings. The van der Waals surface area contributed by atoms with E-state index in [2.05, 4.69) is 0 Å². The quantitative estimate of drug-likeness (QED) is 0.779. The molecule has 4 nitrogen and oxygen atoms in total. The molecule has 0 unspecified atom stereocenters. The first-order valence-electron chi connectivity index (χ1n) is 7.20. The number of carboxylic acid groups (broad SMARTS) is 1. The third-order valence-corrected chi connectivity index (χ3v) is 4.17. The second kappa shape index (κ2) is 6.09. The molecule has 1 N–H and O–H groups in total. The van der Waals surface area contributed by atoms with Crippen molar-refractivity contribution in [1.29, 1.82) is 0 Å². The van der Waals surface area contributed by atoms with E-state index in [-0.39, 0.29) is 12.3 Å². The number of carbonyl (C=O) groups excluding carboxylic acids is 1. The predicted octanol–water partition coefficient (Wildman–Crippen LogP) is 4.06. The first kappa shape index (κ1) is 16.2. The molecule has 0 saturated carbocycles. The molecule has 24 heavy (non-hydrogen) atoms. The summed E-state index contributed by atoms with van der Waals surface area (Å²) >= 11 is 5.84. The van der Waals surface area contributed by atoms with Crippen LogP contribution in [0.3, 0.4) is 0 Å². The Morgan fingerprint density at radius 1 is 1.17 bits per heavy atom. The monoisotopic (exact) mass is 344 g/mol. The number of hydrogen-bond donors (Lipinski definition) is 1. The molecule has 0 spiro atoms. The van der Waals surface area contributed by atoms with Gasteiger partial charge in [0.2, 0.25) is 0 Å². The van der Waals surface area contributed by atoms with Gasteiger partial charge in [-0.25, -0.2) is 4.39 Å². The van der Waals surface area contributed by atoms with E-state index < -0.39 is 11.8 Å². The van der Waals surface area contributed by atoms with E-state index >= 15 is 0 Å². The van der Waals surface area contributed by atoms with Crippen LogP contribution < -0.4 is 0 Å². The van der Waals surface area contributed by atoms with Crippen LogP contribution >= 0.6 is 11.6 Å². The molecule has 2 aromatic carbocycles. The van der Waals surface area contributed by atoms with Crippen molar-refractivity contribution in [3.05, 3.63) is 70.1 Å². The van der Waals surface area contributed by atoms with Gasteiger partial charge in [0, 0.05) is 21.7 Å². The lowest BCUT2D eigenvalue weighted by molar-refractivity contribution is -0.136. The number of aromatic nitrogens is 1. The minimum absolute atomic E-state index is 0.285. The average Bonchev–Trinajstić information content (AvgIpc) is 2.79. The number of hydrogen-bond acceptors (Lipinski definition) is 2. The number of halogens is 2. The van der Waals surface area contributed by atoms with Gasteiger partial charge >= 0.3 is 5.97 Å². The highest BCUT2D eigenvalue weighted by molar-refractivity contribution is 6.30. The highest BCUT2D eigenvalue weighted by atomic mass is 35.5. The van der Waals surface area contributed by atoms with Crippen molar-refractivity contribution in [2.24, 2.45) is 0 Å². The first-order valence-corrected chi connectivity index (χ1v) is 7.58. The third-order valence-electron chi connectivity index (χ3n) is 3.92. The predicted molar refractivity (Wildman–Crippen MR) is 89.2 cm³/mol. The molecule has 0 aliphatic carbocycles. The average molecular weight is 345 g/mol. The Balaban J connectivity index is 2.24. The summed E-state index contributed by atoms with van der Waals surface area (Å²) in [6, 6.07) is 10.4. The van der Waals surface area contributed by atoms with Gasteiger partial charge in [0.05, 0.1) is 11.9 Å². The summed E-state index contributed by atoms with van der Waals surface area (Å²) in [5.41, 5.74) is 1.80. The molecule has 0 aliphatic heterocycles. The molecule has 3 rings (SSSR count). The maximum Gasteiger partial charge on any atom is 0.307 e. The largest absolute Gasteiger partial charge is 0.481 e. The van der Waals surface area contributed by atoms with Crippen molar-refractivity contribution in [2.45, 2.75) is 13.3 Å². The van der Waals surface area contributed by atoms with Gasteiger partial charge in [0.1, 0.15) is 5.82 Å². The van der Waals surface area contributed by atoms with E-state index in [1.54, 1.807) is 31.2 Å². The fourth-order valence-corrected chi connectivity index (χ4v) is 2.94. The lowest BCUT2D eigenvalue weighted by Crippen LogP contribution is -2.14. The van der Waals surface area contributed by atoms with Gasteiger partial charge in [0.15, 0.2) is 0 Å². The first-order chi connectivity index (χ1) is 11.4. The standard InChI is InChI=1S/C18H13ClFNO3/c1-10-14(9-17(22)23)15-8-13(20)6-7-16(15)21(10)18(24)11-2-4-12(19)5-3-11/h2-8H,9H2,1H3,(H,22,23)/i20-1. The van der Waals surface area contributed by atoms with Crippen LogP contribution in [0.1, 0.15) is 21.6 Å².